The lowest BCUT2D eigenvalue weighted by atomic mass is 10.2. The van der Waals surface area contributed by atoms with Gasteiger partial charge in [0.25, 0.3) is 0 Å². The maximum absolute atomic E-state index is 5.63. The van der Waals surface area contributed by atoms with Gasteiger partial charge in [-0.25, -0.2) is 0 Å². The molecule has 81 valence electrons. The smallest absolute Gasteiger partial charge is 0.126 e. The van der Waals surface area contributed by atoms with E-state index in [0.29, 0.717) is 6.61 Å². The van der Waals surface area contributed by atoms with Crippen molar-refractivity contribution in [1.29, 1.82) is 0 Å². The molecule has 0 unspecified atom stereocenters. The first-order chi connectivity index (χ1) is 6.95. The van der Waals surface area contributed by atoms with Crippen LogP contribution in [0.5, 0.6) is 5.75 Å². The Bertz CT molecular complexity index is 350. The summed E-state index contributed by atoms with van der Waals surface area (Å²) < 4.78 is 5.63. The number of aryl methyl sites for hydroxylation is 1. The predicted octanol–water partition coefficient (Wildman–Crippen LogP) is 2.91. The van der Waals surface area contributed by atoms with Crippen LogP contribution in [0.25, 0.3) is 0 Å². The van der Waals surface area contributed by atoms with Crippen molar-refractivity contribution in [2.24, 2.45) is 0 Å². The fourth-order valence-electron chi connectivity index (χ4n) is 1.41. The zero-order valence-corrected chi connectivity index (χ0v) is 11.1. The minimum atomic E-state index is -1.35. The van der Waals surface area contributed by atoms with Crippen molar-refractivity contribution in [3.8, 4) is 5.75 Å². The molecule has 0 aliphatic carbocycles. The summed E-state index contributed by atoms with van der Waals surface area (Å²) in [6.45, 7) is 13.3. The molecule has 0 aliphatic rings. The van der Waals surface area contributed by atoms with E-state index in [-0.39, 0.29) is 0 Å². The van der Waals surface area contributed by atoms with E-state index < -0.39 is 8.07 Å². The van der Waals surface area contributed by atoms with Crippen molar-refractivity contribution < 1.29 is 4.74 Å². The fraction of sp³-hybridized carbons (Fsp3) is 0.385. The first-order valence-electron chi connectivity index (χ1n) is 5.21. The third-order valence-electron chi connectivity index (χ3n) is 2.20. The van der Waals surface area contributed by atoms with Crippen molar-refractivity contribution >= 4 is 13.3 Å². The van der Waals surface area contributed by atoms with Gasteiger partial charge in [0.05, 0.1) is 8.07 Å². The molecule has 0 atom stereocenters. The molecule has 2 heteroatoms. The van der Waals surface area contributed by atoms with E-state index in [1.807, 2.05) is 6.07 Å². The van der Waals surface area contributed by atoms with Crippen molar-refractivity contribution in [3.05, 3.63) is 36.4 Å². The van der Waals surface area contributed by atoms with Crippen LogP contribution in [0.4, 0.5) is 0 Å². The maximum Gasteiger partial charge on any atom is 0.126 e. The summed E-state index contributed by atoms with van der Waals surface area (Å²) >= 11 is 0. The molecule has 0 spiro atoms. The van der Waals surface area contributed by atoms with E-state index in [4.69, 9.17) is 4.74 Å². The largest absolute Gasteiger partial charge is 0.489 e. The number of rotatable bonds is 4. The van der Waals surface area contributed by atoms with Gasteiger partial charge >= 0.3 is 0 Å². The standard InChI is InChI=1S/C13H19OSi/c1-6-9-14-12-8-7-11(2)10-13(12)15(3,4)5/h6-7,10H,1,9H2,2-5H3. The Morgan fingerprint density at radius 3 is 2.67 bits per heavy atom. The second kappa shape index (κ2) is 4.66. The first kappa shape index (κ1) is 12.0. The average molecular weight is 219 g/mol. The summed E-state index contributed by atoms with van der Waals surface area (Å²) in [5.41, 5.74) is 1.25. The monoisotopic (exact) mass is 219 g/mol. The summed E-state index contributed by atoms with van der Waals surface area (Å²) in [6, 6.07) is 7.41. The molecule has 0 aromatic heterocycles. The lowest BCUT2D eigenvalue weighted by Crippen LogP contribution is -2.39. The predicted molar refractivity (Wildman–Crippen MR) is 68.7 cm³/mol. The van der Waals surface area contributed by atoms with Crippen LogP contribution in [0.2, 0.25) is 19.6 Å². The number of benzene rings is 1. The summed E-state index contributed by atoms with van der Waals surface area (Å²) in [7, 11) is -1.35. The van der Waals surface area contributed by atoms with E-state index >= 15 is 0 Å². The van der Waals surface area contributed by atoms with Gasteiger partial charge in [-0.2, -0.15) is 0 Å². The van der Waals surface area contributed by atoms with E-state index in [1.165, 1.54) is 10.8 Å². The molecule has 15 heavy (non-hydrogen) atoms. The molecule has 0 amide bonds. The van der Waals surface area contributed by atoms with Crippen molar-refractivity contribution in [1.82, 2.24) is 0 Å². The highest BCUT2D eigenvalue weighted by Gasteiger charge is 2.21. The molecule has 1 nitrogen and oxygen atoms in total. The van der Waals surface area contributed by atoms with Crippen LogP contribution in [-0.2, 0) is 0 Å². The Morgan fingerprint density at radius 2 is 2.13 bits per heavy atom. The molecule has 0 aliphatic heterocycles. The molecule has 1 rings (SSSR count). The molecule has 0 heterocycles. The van der Waals surface area contributed by atoms with Crippen LogP contribution < -0.4 is 9.92 Å². The molecule has 0 fully saturated rings. The number of hydrogen-bond acceptors (Lipinski definition) is 1. The maximum atomic E-state index is 5.63. The summed E-state index contributed by atoms with van der Waals surface area (Å²) in [5, 5.41) is 1.34. The summed E-state index contributed by atoms with van der Waals surface area (Å²) in [6.07, 6.45) is 1.77. The molecule has 1 aromatic carbocycles. The van der Waals surface area contributed by atoms with Crippen LogP contribution in [0.15, 0.2) is 24.8 Å². The molecule has 0 bridgehead atoms. The Hall–Kier alpha value is -1.02. The Balaban J connectivity index is 3.09. The van der Waals surface area contributed by atoms with Gasteiger partial charge in [-0.05, 0) is 18.2 Å². The second-order valence-electron chi connectivity index (χ2n) is 4.77. The first-order valence-corrected chi connectivity index (χ1v) is 8.71. The number of hydrogen-bond donors (Lipinski definition) is 0. The Labute approximate surface area is 93.8 Å². The minimum Gasteiger partial charge on any atom is -0.489 e. The van der Waals surface area contributed by atoms with Crippen LogP contribution >= 0.6 is 0 Å². The lowest BCUT2D eigenvalue weighted by Gasteiger charge is -2.21. The van der Waals surface area contributed by atoms with Gasteiger partial charge in [0, 0.05) is 6.07 Å². The molecule has 1 radical (unpaired) electrons. The van der Waals surface area contributed by atoms with Crippen LogP contribution in [0.1, 0.15) is 5.56 Å². The molecular formula is C13H19OSi. The summed E-state index contributed by atoms with van der Waals surface area (Å²) in [4.78, 5) is 0. The Kier molecular flexibility index (Phi) is 3.75. The third kappa shape index (κ3) is 3.24. The van der Waals surface area contributed by atoms with E-state index in [2.05, 4.69) is 45.3 Å². The highest BCUT2D eigenvalue weighted by molar-refractivity contribution is 6.89. The van der Waals surface area contributed by atoms with E-state index in [1.54, 1.807) is 6.08 Å². The zero-order valence-electron chi connectivity index (χ0n) is 10.1. The second-order valence-corrected chi connectivity index (χ2v) is 9.81. The molecular weight excluding hydrogens is 200 g/mol. The van der Waals surface area contributed by atoms with Crippen LogP contribution in [-0.4, -0.2) is 14.7 Å². The van der Waals surface area contributed by atoms with Gasteiger partial charge in [0.15, 0.2) is 0 Å². The SMILES string of the molecule is C=CCOc1[c]cc(C)cc1[Si](C)(C)C. The van der Waals surface area contributed by atoms with Crippen molar-refractivity contribution in [2.45, 2.75) is 26.6 Å². The average Bonchev–Trinajstić information content (AvgIpc) is 2.14. The molecule has 1 aromatic rings. The quantitative estimate of drug-likeness (QED) is 0.559. The van der Waals surface area contributed by atoms with Crippen molar-refractivity contribution in [2.75, 3.05) is 6.61 Å². The molecule has 0 N–H and O–H groups in total. The normalized spacial score (nSPS) is 11.2. The van der Waals surface area contributed by atoms with Gasteiger partial charge in [0.2, 0.25) is 0 Å². The molecule has 0 saturated heterocycles. The van der Waals surface area contributed by atoms with Gasteiger partial charge < -0.3 is 4.74 Å². The van der Waals surface area contributed by atoms with Crippen LogP contribution in [0.3, 0.4) is 0 Å². The van der Waals surface area contributed by atoms with Gasteiger partial charge in [-0.1, -0.05) is 43.9 Å². The van der Waals surface area contributed by atoms with E-state index in [9.17, 15) is 0 Å². The third-order valence-corrected chi connectivity index (χ3v) is 4.19. The van der Waals surface area contributed by atoms with Gasteiger partial charge in [-0.3, -0.25) is 0 Å². The topological polar surface area (TPSA) is 9.23 Å². The molecule has 0 saturated carbocycles. The zero-order chi connectivity index (χ0) is 11.5. The van der Waals surface area contributed by atoms with E-state index in [0.717, 1.165) is 5.75 Å². The fourth-order valence-corrected chi connectivity index (χ4v) is 2.90. The van der Waals surface area contributed by atoms with Crippen molar-refractivity contribution in [3.63, 3.8) is 0 Å². The lowest BCUT2D eigenvalue weighted by molar-refractivity contribution is 0.365. The number of ether oxygens (including phenoxy) is 1. The van der Waals surface area contributed by atoms with Gasteiger partial charge in [-0.15, -0.1) is 0 Å². The minimum absolute atomic E-state index is 0.553. The Morgan fingerprint density at radius 1 is 1.47 bits per heavy atom. The van der Waals surface area contributed by atoms with Crippen LogP contribution in [0, 0.1) is 13.0 Å². The highest BCUT2D eigenvalue weighted by atomic mass is 28.3. The highest BCUT2D eigenvalue weighted by Crippen LogP contribution is 2.15. The van der Waals surface area contributed by atoms with Gasteiger partial charge in [0.1, 0.15) is 12.4 Å². The summed E-state index contributed by atoms with van der Waals surface area (Å²) in [5.74, 6) is 0.902.